The molecule has 0 bridgehead atoms. The molecule has 7 heterocycles. The van der Waals surface area contributed by atoms with Crippen molar-refractivity contribution in [2.45, 2.75) is 252 Å². The number of piperidine rings is 1. The predicted molar refractivity (Wildman–Crippen MR) is 412 cm³/mol. The fourth-order valence-corrected chi connectivity index (χ4v) is 11.9. The van der Waals surface area contributed by atoms with Gasteiger partial charge in [0.15, 0.2) is 0 Å². The minimum absolute atomic E-state index is 0. The zero-order valence-corrected chi connectivity index (χ0v) is 62.6. The maximum atomic E-state index is 13.3. The van der Waals surface area contributed by atoms with E-state index in [0.29, 0.717) is 80.4 Å². The standard InChI is InChI=1S/C39H58N6O3.C12H23NO5.C8H14O4.C7H6N4S.CH3O2S.8CH4.K/c1-8-33(42-19-16-30(27-42)22-36(46)41-32-25-38(3,4)45(48-7)39(5,6)26-32)23-34(43-20-17-40-28-43)24-35(44-18-12-15-37(44)47)21-29(2)31-13-10-9-11-14-31;1-3-5-7-17-11(14)9-13(16)10-12(15)18-8-6-4-2;1(9-3-7-5-11-7)2-10-4-8-6-12-8;12-7-8-9-10-11(7)6-4-2-1-3-5-6;1-4(2)3;;;;;;;;;/h9-11,13-14,16-17,19-20,27-29,32-35H,8,12,15,18,21-26H2,1-7H3,(H,41,46);16H,3-10H2,1-2H3;7-8H,1-6H2;1-5H,(H,8,10,12);1H3;8*1H4;/q;;;;-1;;;;;;;;;+1. The van der Waals surface area contributed by atoms with Crippen LogP contribution in [0.4, 0.5) is 0 Å². The Morgan fingerprint density at radius 2 is 1.27 bits per heavy atom. The van der Waals surface area contributed by atoms with E-state index in [1.807, 2.05) is 56.7 Å². The van der Waals surface area contributed by atoms with Crippen molar-refractivity contribution >= 4 is 46.7 Å². The first kappa shape index (κ1) is 107. The van der Waals surface area contributed by atoms with E-state index in [1.54, 1.807) is 11.8 Å². The average molecular weight is 1520 g/mol. The van der Waals surface area contributed by atoms with Gasteiger partial charge in [0.2, 0.25) is 16.6 Å². The summed E-state index contributed by atoms with van der Waals surface area (Å²) < 4.78 is 54.8. The van der Waals surface area contributed by atoms with Crippen LogP contribution >= 0.6 is 12.2 Å². The molecule has 0 saturated carbocycles. The van der Waals surface area contributed by atoms with Gasteiger partial charge in [-0.15, -0.1) is 0 Å². The topological polar surface area (TPSA) is 285 Å². The smallest absolute Gasteiger partial charge is 0.465 e. The Balaban J connectivity index is -0.000000477. The van der Waals surface area contributed by atoms with Crippen LogP contribution in [-0.4, -0.2) is 200 Å². The summed E-state index contributed by atoms with van der Waals surface area (Å²) in [6.07, 6.45) is 22.6. The van der Waals surface area contributed by atoms with Crippen molar-refractivity contribution in [2.24, 2.45) is 0 Å². The Hall–Kier alpha value is -4.63. The number of likely N-dealkylation sites (tertiary alicyclic amines) is 1. The fraction of sp³-hybridized carbons (Fsp3) is 0.680. The Morgan fingerprint density at radius 1 is 0.757 bits per heavy atom. The van der Waals surface area contributed by atoms with E-state index in [0.717, 1.165) is 108 Å². The summed E-state index contributed by atoms with van der Waals surface area (Å²) in [4.78, 5) is 61.1. The normalized spacial score (nSPS) is 16.7. The summed E-state index contributed by atoms with van der Waals surface area (Å²) in [6, 6.07) is 23.1. The first-order valence-electron chi connectivity index (χ1n) is 32.9. The van der Waals surface area contributed by atoms with Gasteiger partial charge in [0.25, 0.3) is 0 Å². The van der Waals surface area contributed by atoms with Gasteiger partial charge in [-0.2, -0.15) is 15.3 Å². The number of hydrogen-bond donors (Lipinski definition) is 3. The summed E-state index contributed by atoms with van der Waals surface area (Å²) in [5.74, 6) is -0.413. The molecule has 25 nitrogen and oxygen atoms in total. The second kappa shape index (κ2) is 57.5. The molecular weight excluding hydrogens is 1380 g/mol. The van der Waals surface area contributed by atoms with Crippen molar-refractivity contribution in [3.63, 3.8) is 0 Å². The summed E-state index contributed by atoms with van der Waals surface area (Å²) >= 11 is 4.93. The number of imidazole rings is 1. The maximum absolute atomic E-state index is 13.3. The first-order chi connectivity index (χ1) is 45.0. The molecule has 3 N–H and O–H groups in total. The van der Waals surface area contributed by atoms with E-state index in [1.165, 1.54) is 5.56 Å². The molecular formula is C75H136KN11O14S2. The predicted octanol–water partition coefficient (Wildman–Crippen LogP) is 11.6. The second-order valence-electron chi connectivity index (χ2n) is 25.2. The Bertz CT molecular complexity index is 3030. The molecule has 0 aliphatic carbocycles. The molecule has 4 saturated heterocycles. The molecule has 0 radical (unpaired) electrons. The van der Waals surface area contributed by atoms with Gasteiger partial charge in [-0.25, -0.2) is 9.67 Å². The van der Waals surface area contributed by atoms with Crippen LogP contribution in [0.2, 0.25) is 0 Å². The number of esters is 2. The number of benzene rings is 2. The van der Waals surface area contributed by atoms with Crippen molar-refractivity contribution in [1.29, 1.82) is 0 Å². The number of hydroxylamine groups is 4. The summed E-state index contributed by atoms with van der Waals surface area (Å²) in [7, 11) is -0.131. The van der Waals surface area contributed by atoms with Gasteiger partial charge in [0.1, 0.15) is 25.3 Å². The number of amides is 2. The van der Waals surface area contributed by atoms with Crippen molar-refractivity contribution in [2.75, 3.05) is 85.9 Å². The number of nitrogens with one attached hydrogen (secondary N) is 2. The molecule has 588 valence electrons. The summed E-state index contributed by atoms with van der Waals surface area (Å²) in [6.45, 7) is 22.5. The molecule has 3 aromatic heterocycles. The van der Waals surface area contributed by atoms with Gasteiger partial charge in [-0.3, -0.25) is 19.2 Å². The third-order valence-electron chi connectivity index (χ3n) is 16.2. The third-order valence-corrected chi connectivity index (χ3v) is 16.4. The zero-order chi connectivity index (χ0) is 68.5. The number of aromatic nitrogens is 7. The average Bonchev–Trinajstić information content (AvgIpc) is 0.822. The quantitative estimate of drug-likeness (QED) is 0.00669. The van der Waals surface area contributed by atoms with E-state index in [-0.39, 0.29) is 171 Å². The molecule has 4 fully saturated rings. The maximum Gasteiger partial charge on any atom is 1.00 e. The largest absolute Gasteiger partial charge is 1.00 e. The Labute approximate surface area is 670 Å². The number of epoxide rings is 2. The number of para-hydroxylation sites is 1. The molecule has 4 aliphatic rings. The minimum Gasteiger partial charge on any atom is -0.465 e. The number of H-pyrrole nitrogens is 1. The van der Waals surface area contributed by atoms with Crippen LogP contribution < -0.4 is 56.7 Å². The number of aromatic amines is 1. The van der Waals surface area contributed by atoms with Crippen LogP contribution in [0.5, 0.6) is 0 Å². The van der Waals surface area contributed by atoms with Crippen LogP contribution in [0.15, 0.2) is 97.8 Å². The minimum atomic E-state index is -1.86. The van der Waals surface area contributed by atoms with Gasteiger partial charge >= 0.3 is 63.3 Å². The summed E-state index contributed by atoms with van der Waals surface area (Å²) in [5, 5.41) is 25.3. The van der Waals surface area contributed by atoms with Crippen LogP contribution in [0.3, 0.4) is 0 Å². The van der Waals surface area contributed by atoms with E-state index in [4.69, 9.17) is 53.9 Å². The number of carbonyl (C=O) groups is 4. The van der Waals surface area contributed by atoms with Crippen molar-refractivity contribution < 1.29 is 117 Å². The molecule has 103 heavy (non-hydrogen) atoms. The number of hydrogen-bond acceptors (Lipinski definition) is 21. The molecule has 2 amide bonds. The van der Waals surface area contributed by atoms with Crippen LogP contribution in [-0.2, 0) is 78.0 Å². The van der Waals surface area contributed by atoms with E-state index >= 15 is 0 Å². The van der Waals surface area contributed by atoms with E-state index in [9.17, 15) is 24.4 Å². The Kier molecular flexibility index (Phi) is 59.8. The molecule has 2 aromatic carbocycles. The number of ether oxygens (including phenoxy) is 6. The molecule has 6 atom stereocenters. The van der Waals surface area contributed by atoms with Crippen molar-refractivity contribution in [1.82, 2.24) is 54.7 Å². The van der Waals surface area contributed by atoms with Crippen LogP contribution in [0, 0.1) is 4.77 Å². The number of unbranched alkanes of at least 4 members (excludes halogenated alkanes) is 2. The van der Waals surface area contributed by atoms with Gasteiger partial charge < -0.3 is 66.2 Å². The molecule has 5 aromatic rings. The second-order valence-corrected chi connectivity index (χ2v) is 26.4. The van der Waals surface area contributed by atoms with Gasteiger partial charge in [0, 0.05) is 73.0 Å². The summed E-state index contributed by atoms with van der Waals surface area (Å²) in [5.41, 5.74) is 2.91. The van der Waals surface area contributed by atoms with Crippen molar-refractivity contribution in [3.8, 4) is 5.69 Å². The van der Waals surface area contributed by atoms with Crippen LogP contribution in [0.25, 0.3) is 5.69 Å². The fourth-order valence-electron chi connectivity index (χ4n) is 11.7. The van der Waals surface area contributed by atoms with Gasteiger partial charge in [-0.05, 0) is 133 Å². The Morgan fingerprint density at radius 3 is 1.71 bits per heavy atom. The van der Waals surface area contributed by atoms with Crippen LogP contribution in [0.1, 0.15) is 221 Å². The first-order valence-corrected chi connectivity index (χ1v) is 34.8. The molecule has 28 heteroatoms. The number of tetrazole rings is 1. The molecule has 6 unspecified atom stereocenters. The SMILES string of the molecule is C.C.C.C.C.C.C.C.C(COCC1CO1)OCC1CO1.CCC(CC(CC(CC(C)c1ccccc1)N1CCCC1=O)n1ccnc1)n1ccc(CC(=O)NC2CC(C)(C)N(OC)C(C)(C)C2)c1.CCCCOC(=O)CN(O)CC(=O)OCCCC.C[S-](=O)=O.S=c1nn[nH]n1-c1ccccc1.[K+]. The monoisotopic (exact) mass is 1520 g/mol. The van der Waals surface area contributed by atoms with Crippen molar-refractivity contribution in [3.05, 3.63) is 114 Å². The van der Waals surface area contributed by atoms with Gasteiger partial charge in [0.05, 0.1) is 78.4 Å². The van der Waals surface area contributed by atoms with Gasteiger partial charge in [-0.1, -0.05) is 176 Å². The number of nitrogens with zero attached hydrogens (tertiary/aromatic N) is 9. The molecule has 4 aliphatic heterocycles. The molecule has 9 rings (SSSR count). The van der Waals surface area contributed by atoms with E-state index < -0.39 is 22.6 Å². The zero-order valence-electron chi connectivity index (χ0n) is 57.8. The van der Waals surface area contributed by atoms with E-state index in [2.05, 4.69) is 141 Å². The third kappa shape index (κ3) is 41.3. The molecule has 0 spiro atoms. The number of carbonyl (C=O) groups excluding carboxylic acids is 4. The number of rotatable bonds is 33.